The molecular weight excluding hydrogens is 364 g/mol. The van der Waals surface area contributed by atoms with Crippen LogP contribution < -0.4 is 10.1 Å². The van der Waals surface area contributed by atoms with Gasteiger partial charge in [-0.25, -0.2) is 4.98 Å². The Morgan fingerprint density at radius 1 is 0.931 bits per heavy atom. The topological polar surface area (TPSA) is 68.3 Å². The van der Waals surface area contributed by atoms with E-state index in [1.54, 1.807) is 30.5 Å². The number of hydrogen-bond acceptors (Lipinski definition) is 4. The Kier molecular flexibility index (Phi) is 6.74. The Labute approximate surface area is 170 Å². The van der Waals surface area contributed by atoms with Crippen molar-refractivity contribution in [3.63, 3.8) is 0 Å². The molecule has 0 aliphatic rings. The highest BCUT2D eigenvalue weighted by Gasteiger charge is 2.13. The lowest BCUT2D eigenvalue weighted by molar-refractivity contribution is -0.116. The molecule has 0 aliphatic heterocycles. The molecule has 0 unspecified atom stereocenters. The Bertz CT molecular complexity index is 997. The Balaban J connectivity index is 1.57. The summed E-state index contributed by atoms with van der Waals surface area (Å²) in [5.41, 5.74) is 3.91. The van der Waals surface area contributed by atoms with Crippen LogP contribution in [0.4, 0.5) is 5.82 Å². The van der Waals surface area contributed by atoms with E-state index < -0.39 is 0 Å². The number of anilines is 1. The lowest BCUT2D eigenvalue weighted by Crippen LogP contribution is -2.15. The quantitative estimate of drug-likeness (QED) is 0.559. The molecule has 0 aliphatic carbocycles. The van der Waals surface area contributed by atoms with Crippen LogP contribution in [0.15, 0.2) is 66.9 Å². The third kappa shape index (κ3) is 5.75. The molecule has 0 radical (unpaired) electrons. The van der Waals surface area contributed by atoms with Crippen molar-refractivity contribution in [2.24, 2.45) is 0 Å². The maximum absolute atomic E-state index is 12.3. The monoisotopic (exact) mass is 388 g/mol. The number of nitrogens with zero attached hydrogens (tertiary/aromatic N) is 1. The summed E-state index contributed by atoms with van der Waals surface area (Å²) in [7, 11) is 0. The molecule has 0 fully saturated rings. The number of benzene rings is 2. The van der Waals surface area contributed by atoms with Gasteiger partial charge in [0.2, 0.25) is 5.91 Å². The normalized spacial score (nSPS) is 10.4. The van der Waals surface area contributed by atoms with Gasteiger partial charge in [-0.05, 0) is 37.1 Å². The highest BCUT2D eigenvalue weighted by molar-refractivity contribution is 6.00. The van der Waals surface area contributed by atoms with Crippen LogP contribution in [0.1, 0.15) is 39.9 Å². The van der Waals surface area contributed by atoms with Crippen molar-refractivity contribution in [1.29, 1.82) is 0 Å². The minimum atomic E-state index is -0.273. The molecule has 1 N–H and O–H groups in total. The Hall–Kier alpha value is -3.47. The average molecular weight is 388 g/mol. The van der Waals surface area contributed by atoms with Crippen LogP contribution in [-0.4, -0.2) is 16.7 Å². The number of carbonyl (C=O) groups is 2. The number of carbonyl (C=O) groups excluding carboxylic acids is 2. The summed E-state index contributed by atoms with van der Waals surface area (Å²) in [6.45, 7) is 4.37. The molecule has 0 saturated heterocycles. The summed E-state index contributed by atoms with van der Waals surface area (Å²) >= 11 is 0. The molecule has 5 heteroatoms. The molecular formula is C24H24N2O3. The standard InChI is InChI=1S/C24H24N2O3/c1-17-9-11-19(12-10-17)21(27)13-14-23(28)26-24-22(8-5-15-25-24)29-16-20-7-4-3-6-18(20)2/h3-12,15H,13-14,16H2,1-2H3,(H,25,26,28). The molecule has 148 valence electrons. The number of hydrogen-bond donors (Lipinski definition) is 1. The van der Waals surface area contributed by atoms with E-state index in [1.165, 1.54) is 0 Å². The van der Waals surface area contributed by atoms with Gasteiger partial charge in [0.05, 0.1) is 0 Å². The molecule has 5 nitrogen and oxygen atoms in total. The first kappa shape index (κ1) is 20.3. The summed E-state index contributed by atoms with van der Waals surface area (Å²) < 4.78 is 5.87. The number of ketones is 1. The van der Waals surface area contributed by atoms with E-state index in [4.69, 9.17) is 4.74 Å². The molecule has 1 aromatic heterocycles. The number of Topliss-reactive ketones (excluding diaryl/α,β-unsaturated/α-hetero) is 1. The maximum Gasteiger partial charge on any atom is 0.226 e. The number of pyridine rings is 1. The fraction of sp³-hybridized carbons (Fsp3) is 0.208. The number of aromatic nitrogens is 1. The van der Waals surface area contributed by atoms with Crippen molar-refractivity contribution < 1.29 is 14.3 Å². The van der Waals surface area contributed by atoms with Crippen molar-refractivity contribution >= 4 is 17.5 Å². The number of amides is 1. The second kappa shape index (κ2) is 9.64. The van der Waals surface area contributed by atoms with E-state index in [1.807, 2.05) is 50.2 Å². The van der Waals surface area contributed by atoms with Crippen LogP contribution in [0.5, 0.6) is 5.75 Å². The Morgan fingerprint density at radius 3 is 2.45 bits per heavy atom. The third-order valence-corrected chi connectivity index (χ3v) is 4.63. The van der Waals surface area contributed by atoms with Crippen molar-refractivity contribution in [3.8, 4) is 5.75 Å². The van der Waals surface area contributed by atoms with E-state index >= 15 is 0 Å². The van der Waals surface area contributed by atoms with Gasteiger partial charge in [0, 0.05) is 24.6 Å². The van der Waals surface area contributed by atoms with Gasteiger partial charge in [-0.2, -0.15) is 0 Å². The van der Waals surface area contributed by atoms with Gasteiger partial charge in [-0.3, -0.25) is 9.59 Å². The van der Waals surface area contributed by atoms with E-state index in [9.17, 15) is 9.59 Å². The first-order valence-corrected chi connectivity index (χ1v) is 9.55. The zero-order chi connectivity index (χ0) is 20.6. The summed E-state index contributed by atoms with van der Waals surface area (Å²) in [6.07, 6.45) is 1.81. The number of ether oxygens (including phenoxy) is 1. The number of aryl methyl sites for hydroxylation is 2. The fourth-order valence-corrected chi connectivity index (χ4v) is 2.83. The van der Waals surface area contributed by atoms with Gasteiger partial charge in [-0.1, -0.05) is 54.1 Å². The molecule has 0 saturated carbocycles. The Morgan fingerprint density at radius 2 is 1.69 bits per heavy atom. The van der Waals surface area contributed by atoms with Crippen LogP contribution in [-0.2, 0) is 11.4 Å². The van der Waals surface area contributed by atoms with Crippen molar-refractivity contribution in [1.82, 2.24) is 4.98 Å². The summed E-state index contributed by atoms with van der Waals surface area (Å²) in [6, 6.07) is 18.8. The average Bonchev–Trinajstić information content (AvgIpc) is 2.73. The zero-order valence-corrected chi connectivity index (χ0v) is 16.6. The minimum absolute atomic E-state index is 0.0582. The van der Waals surface area contributed by atoms with Gasteiger partial charge < -0.3 is 10.1 Å². The molecule has 1 amide bonds. The van der Waals surface area contributed by atoms with Gasteiger partial charge in [0.15, 0.2) is 17.4 Å². The van der Waals surface area contributed by atoms with E-state index in [-0.39, 0.29) is 24.5 Å². The lowest BCUT2D eigenvalue weighted by atomic mass is 10.1. The predicted molar refractivity (Wildman–Crippen MR) is 113 cm³/mol. The first-order valence-electron chi connectivity index (χ1n) is 9.55. The smallest absolute Gasteiger partial charge is 0.226 e. The molecule has 3 rings (SSSR count). The molecule has 0 bridgehead atoms. The van der Waals surface area contributed by atoms with Crippen molar-refractivity contribution in [2.75, 3.05) is 5.32 Å². The van der Waals surface area contributed by atoms with Gasteiger partial charge >= 0.3 is 0 Å². The fourth-order valence-electron chi connectivity index (χ4n) is 2.83. The summed E-state index contributed by atoms with van der Waals surface area (Å²) in [4.78, 5) is 28.8. The molecule has 29 heavy (non-hydrogen) atoms. The molecule has 0 spiro atoms. The highest BCUT2D eigenvalue weighted by atomic mass is 16.5. The zero-order valence-electron chi connectivity index (χ0n) is 16.6. The molecule has 2 aromatic carbocycles. The van der Waals surface area contributed by atoms with E-state index in [2.05, 4.69) is 10.3 Å². The molecule has 3 aromatic rings. The number of nitrogens with one attached hydrogen (secondary N) is 1. The second-order valence-electron chi connectivity index (χ2n) is 6.90. The van der Waals surface area contributed by atoms with Crippen LogP contribution in [0.25, 0.3) is 0 Å². The maximum atomic E-state index is 12.3. The van der Waals surface area contributed by atoms with Crippen molar-refractivity contribution in [3.05, 3.63) is 89.1 Å². The van der Waals surface area contributed by atoms with Crippen LogP contribution in [0.3, 0.4) is 0 Å². The van der Waals surface area contributed by atoms with Crippen molar-refractivity contribution in [2.45, 2.75) is 33.3 Å². The summed E-state index contributed by atoms with van der Waals surface area (Å²) in [5.74, 6) is 0.518. The van der Waals surface area contributed by atoms with Gasteiger partial charge in [0.1, 0.15) is 6.61 Å². The minimum Gasteiger partial charge on any atom is -0.485 e. The van der Waals surface area contributed by atoms with E-state index in [0.717, 1.165) is 16.7 Å². The molecule has 0 atom stereocenters. The SMILES string of the molecule is Cc1ccc(C(=O)CCC(=O)Nc2ncccc2OCc2ccccc2C)cc1. The second-order valence-corrected chi connectivity index (χ2v) is 6.90. The van der Waals surface area contributed by atoms with Gasteiger partial charge in [0.25, 0.3) is 0 Å². The van der Waals surface area contributed by atoms with Gasteiger partial charge in [-0.15, -0.1) is 0 Å². The van der Waals surface area contributed by atoms with Crippen LogP contribution >= 0.6 is 0 Å². The van der Waals surface area contributed by atoms with Crippen LogP contribution in [0, 0.1) is 13.8 Å². The highest BCUT2D eigenvalue weighted by Crippen LogP contribution is 2.23. The largest absolute Gasteiger partial charge is 0.485 e. The van der Waals surface area contributed by atoms with E-state index in [0.29, 0.717) is 23.7 Å². The molecule has 1 heterocycles. The van der Waals surface area contributed by atoms with Crippen LogP contribution in [0.2, 0.25) is 0 Å². The third-order valence-electron chi connectivity index (χ3n) is 4.63. The lowest BCUT2D eigenvalue weighted by Gasteiger charge is -2.12. The predicted octanol–water partition coefficient (Wildman–Crippen LogP) is 4.88. The first-order chi connectivity index (χ1) is 14.0. The number of rotatable bonds is 8. The summed E-state index contributed by atoms with van der Waals surface area (Å²) in [5, 5.41) is 2.75.